The molecular weight excluding hydrogens is 419 g/mol. The number of nitrogens with one attached hydrogen (secondary N) is 1. The van der Waals surface area contributed by atoms with Crippen LogP contribution in [0, 0.1) is 5.82 Å². The monoisotopic (exact) mass is 442 g/mol. The minimum atomic E-state index is -3.93. The molecule has 0 bridgehead atoms. The molecule has 1 N–H and O–H groups in total. The molecule has 0 unspecified atom stereocenters. The van der Waals surface area contributed by atoms with Crippen LogP contribution in [-0.2, 0) is 16.6 Å². The second-order valence-electron chi connectivity index (χ2n) is 6.74. The SMILES string of the molecule is CCOc1cccc(CNC(=O)c2cccc(S(=O)(=O)N(C)c3ccc(F)cc3)c2)c1. The highest BCUT2D eigenvalue weighted by Gasteiger charge is 2.22. The van der Waals surface area contributed by atoms with E-state index in [1.807, 2.05) is 31.2 Å². The van der Waals surface area contributed by atoms with E-state index in [1.54, 1.807) is 6.07 Å². The predicted molar refractivity (Wildman–Crippen MR) is 117 cm³/mol. The van der Waals surface area contributed by atoms with Crippen molar-refractivity contribution in [2.24, 2.45) is 0 Å². The Balaban J connectivity index is 1.75. The van der Waals surface area contributed by atoms with Crippen molar-refractivity contribution in [3.05, 3.63) is 89.7 Å². The average molecular weight is 443 g/mol. The topological polar surface area (TPSA) is 75.7 Å². The van der Waals surface area contributed by atoms with Gasteiger partial charge in [0.25, 0.3) is 15.9 Å². The van der Waals surface area contributed by atoms with Crippen LogP contribution in [0.4, 0.5) is 10.1 Å². The molecule has 0 heterocycles. The molecule has 0 aromatic heterocycles. The molecule has 0 radical (unpaired) electrons. The summed E-state index contributed by atoms with van der Waals surface area (Å²) in [6.45, 7) is 2.71. The van der Waals surface area contributed by atoms with Crippen LogP contribution in [0.5, 0.6) is 5.75 Å². The van der Waals surface area contributed by atoms with Gasteiger partial charge in [0.1, 0.15) is 11.6 Å². The van der Waals surface area contributed by atoms with E-state index >= 15 is 0 Å². The van der Waals surface area contributed by atoms with E-state index in [0.717, 1.165) is 9.87 Å². The summed E-state index contributed by atoms with van der Waals surface area (Å²) in [5, 5.41) is 2.79. The van der Waals surface area contributed by atoms with Crippen LogP contribution in [0.15, 0.2) is 77.7 Å². The van der Waals surface area contributed by atoms with E-state index < -0.39 is 21.7 Å². The van der Waals surface area contributed by atoms with Crippen molar-refractivity contribution in [2.45, 2.75) is 18.4 Å². The first kappa shape index (κ1) is 22.3. The maximum atomic E-state index is 13.1. The fourth-order valence-corrected chi connectivity index (χ4v) is 4.18. The number of benzene rings is 3. The van der Waals surface area contributed by atoms with Crippen LogP contribution in [0.25, 0.3) is 0 Å². The molecule has 0 saturated heterocycles. The molecular formula is C23H23FN2O4S. The maximum Gasteiger partial charge on any atom is 0.264 e. The Morgan fingerprint density at radius 1 is 1.03 bits per heavy atom. The summed E-state index contributed by atoms with van der Waals surface area (Å²) < 4.78 is 45.6. The lowest BCUT2D eigenvalue weighted by Gasteiger charge is -2.19. The normalized spacial score (nSPS) is 11.1. The van der Waals surface area contributed by atoms with E-state index in [2.05, 4.69) is 5.32 Å². The minimum absolute atomic E-state index is 0.0367. The number of rotatable bonds is 8. The highest BCUT2D eigenvalue weighted by Crippen LogP contribution is 2.23. The van der Waals surface area contributed by atoms with Crippen LogP contribution in [0.3, 0.4) is 0 Å². The third-order valence-corrected chi connectivity index (χ3v) is 6.39. The Morgan fingerprint density at radius 2 is 1.74 bits per heavy atom. The number of carbonyl (C=O) groups is 1. The minimum Gasteiger partial charge on any atom is -0.494 e. The van der Waals surface area contributed by atoms with Crippen LogP contribution in [0.2, 0.25) is 0 Å². The summed E-state index contributed by atoms with van der Waals surface area (Å²) in [6.07, 6.45) is 0. The average Bonchev–Trinajstić information content (AvgIpc) is 2.78. The fourth-order valence-electron chi connectivity index (χ4n) is 2.94. The van der Waals surface area contributed by atoms with Crippen molar-refractivity contribution in [1.82, 2.24) is 5.32 Å². The summed E-state index contributed by atoms with van der Waals surface area (Å²) in [6, 6.07) is 18.3. The Kier molecular flexibility index (Phi) is 6.91. The standard InChI is InChI=1S/C23H23FN2O4S/c1-3-30-21-8-4-6-17(14-21)16-25-23(27)18-7-5-9-22(15-18)31(28,29)26(2)20-12-10-19(24)11-13-20/h4-15H,3,16H2,1-2H3,(H,25,27). The van der Waals surface area contributed by atoms with Crippen LogP contribution >= 0.6 is 0 Å². The van der Waals surface area contributed by atoms with Gasteiger partial charge in [-0.1, -0.05) is 18.2 Å². The number of hydrogen-bond donors (Lipinski definition) is 1. The summed E-state index contributed by atoms with van der Waals surface area (Å²) in [7, 11) is -2.55. The fraction of sp³-hybridized carbons (Fsp3) is 0.174. The summed E-state index contributed by atoms with van der Waals surface area (Å²) in [5.74, 6) is -0.144. The summed E-state index contributed by atoms with van der Waals surface area (Å²) >= 11 is 0. The number of ether oxygens (including phenoxy) is 1. The molecule has 31 heavy (non-hydrogen) atoms. The number of hydrogen-bond acceptors (Lipinski definition) is 4. The van der Waals surface area contributed by atoms with E-state index in [-0.39, 0.29) is 17.0 Å². The van der Waals surface area contributed by atoms with Gasteiger partial charge in [0.2, 0.25) is 0 Å². The van der Waals surface area contributed by atoms with Gasteiger partial charge in [-0.25, -0.2) is 12.8 Å². The molecule has 0 aliphatic rings. The van der Waals surface area contributed by atoms with Gasteiger partial charge in [0.05, 0.1) is 17.2 Å². The van der Waals surface area contributed by atoms with Crippen LogP contribution in [0.1, 0.15) is 22.8 Å². The zero-order chi connectivity index (χ0) is 22.4. The predicted octanol–water partition coefficient (Wildman–Crippen LogP) is 3.98. The van der Waals surface area contributed by atoms with Gasteiger partial charge in [-0.15, -0.1) is 0 Å². The number of nitrogens with zero attached hydrogens (tertiary/aromatic N) is 1. The molecule has 3 rings (SSSR count). The molecule has 8 heteroatoms. The van der Waals surface area contributed by atoms with Crippen molar-refractivity contribution in [3.8, 4) is 5.75 Å². The summed E-state index contributed by atoms with van der Waals surface area (Å²) in [4.78, 5) is 12.6. The van der Waals surface area contributed by atoms with Gasteiger partial charge in [0.15, 0.2) is 0 Å². The smallest absolute Gasteiger partial charge is 0.264 e. The van der Waals surface area contributed by atoms with Crippen molar-refractivity contribution in [2.75, 3.05) is 18.0 Å². The first-order chi connectivity index (χ1) is 14.8. The molecule has 0 aliphatic carbocycles. The van der Waals surface area contributed by atoms with Gasteiger partial charge >= 0.3 is 0 Å². The molecule has 0 atom stereocenters. The molecule has 0 spiro atoms. The Hall–Kier alpha value is -3.39. The third-order valence-electron chi connectivity index (χ3n) is 4.61. The lowest BCUT2D eigenvalue weighted by molar-refractivity contribution is 0.0950. The molecule has 0 aliphatic heterocycles. The zero-order valence-electron chi connectivity index (χ0n) is 17.2. The molecule has 3 aromatic carbocycles. The van der Waals surface area contributed by atoms with E-state index in [4.69, 9.17) is 4.74 Å². The third kappa shape index (κ3) is 5.40. The molecule has 1 amide bonds. The van der Waals surface area contributed by atoms with Crippen molar-refractivity contribution >= 4 is 21.6 Å². The van der Waals surface area contributed by atoms with E-state index in [0.29, 0.717) is 18.0 Å². The highest BCUT2D eigenvalue weighted by atomic mass is 32.2. The van der Waals surface area contributed by atoms with Gasteiger partial charge in [-0.2, -0.15) is 0 Å². The second-order valence-corrected chi connectivity index (χ2v) is 8.71. The molecule has 6 nitrogen and oxygen atoms in total. The maximum absolute atomic E-state index is 13.1. The lowest BCUT2D eigenvalue weighted by Crippen LogP contribution is -2.27. The van der Waals surface area contributed by atoms with Crippen LogP contribution < -0.4 is 14.4 Å². The molecule has 0 saturated carbocycles. The summed E-state index contributed by atoms with van der Waals surface area (Å²) in [5.41, 5.74) is 1.39. The zero-order valence-corrected chi connectivity index (χ0v) is 18.0. The second kappa shape index (κ2) is 9.61. The Bertz CT molecular complexity index is 1160. The van der Waals surface area contributed by atoms with Gasteiger partial charge in [-0.05, 0) is 67.1 Å². The molecule has 0 fully saturated rings. The lowest BCUT2D eigenvalue weighted by atomic mass is 10.2. The van der Waals surface area contributed by atoms with Crippen molar-refractivity contribution < 1.29 is 22.3 Å². The van der Waals surface area contributed by atoms with Gasteiger partial charge in [-0.3, -0.25) is 9.10 Å². The number of halogens is 1. The van der Waals surface area contributed by atoms with Crippen molar-refractivity contribution in [1.29, 1.82) is 0 Å². The quantitative estimate of drug-likeness (QED) is 0.573. The number of anilines is 1. The highest BCUT2D eigenvalue weighted by molar-refractivity contribution is 7.92. The largest absolute Gasteiger partial charge is 0.494 e. The van der Waals surface area contributed by atoms with E-state index in [1.165, 1.54) is 49.5 Å². The Labute approximate surface area is 181 Å². The van der Waals surface area contributed by atoms with Gasteiger partial charge in [0, 0.05) is 19.2 Å². The molecule has 3 aromatic rings. The van der Waals surface area contributed by atoms with E-state index in [9.17, 15) is 17.6 Å². The number of amides is 1. The molecule has 162 valence electrons. The first-order valence-electron chi connectivity index (χ1n) is 9.66. The van der Waals surface area contributed by atoms with Crippen LogP contribution in [-0.4, -0.2) is 28.0 Å². The number of carbonyl (C=O) groups excluding carboxylic acids is 1. The van der Waals surface area contributed by atoms with Crippen molar-refractivity contribution in [3.63, 3.8) is 0 Å². The Morgan fingerprint density at radius 3 is 2.45 bits per heavy atom. The number of sulfonamides is 1. The first-order valence-corrected chi connectivity index (χ1v) is 11.1. The van der Waals surface area contributed by atoms with Gasteiger partial charge < -0.3 is 10.1 Å².